The molecule has 0 amide bonds. The van der Waals surface area contributed by atoms with Gasteiger partial charge in [0.25, 0.3) is 0 Å². The van der Waals surface area contributed by atoms with Gasteiger partial charge in [0.1, 0.15) is 5.82 Å². The summed E-state index contributed by atoms with van der Waals surface area (Å²) in [5, 5.41) is 1.12. The summed E-state index contributed by atoms with van der Waals surface area (Å²) >= 11 is 12.1. The highest BCUT2D eigenvalue weighted by Gasteiger charge is 2.17. The van der Waals surface area contributed by atoms with E-state index >= 15 is 0 Å². The lowest BCUT2D eigenvalue weighted by atomic mass is 9.99. The maximum absolute atomic E-state index is 13.1. The number of fused-ring (bicyclic) bond motifs is 1. The molecule has 2 aromatic carbocycles. The highest BCUT2D eigenvalue weighted by Crippen LogP contribution is 2.27. The van der Waals surface area contributed by atoms with Crippen LogP contribution < -0.4 is 5.43 Å². The Hall–Kier alpha value is -2.14. The molecular weight excluding hydrogens is 388 g/mol. The smallest absolute Gasteiger partial charge is 0.197 e. The Balaban J connectivity index is 1.54. The highest BCUT2D eigenvalue weighted by atomic mass is 35.5. The summed E-state index contributed by atoms with van der Waals surface area (Å²) in [4.78, 5) is 14.9. The average Bonchev–Trinajstić information content (AvgIpc) is 2.66. The Labute approximate surface area is 165 Å². The van der Waals surface area contributed by atoms with Gasteiger partial charge in [0, 0.05) is 30.2 Å². The van der Waals surface area contributed by atoms with Crippen LogP contribution in [0, 0.1) is 5.82 Å². The number of nitrogens with zero attached hydrogens (tertiary/aromatic N) is 1. The molecule has 3 nitrogen and oxygen atoms in total. The monoisotopic (exact) mass is 403 g/mol. The van der Waals surface area contributed by atoms with Crippen LogP contribution in [-0.4, -0.2) is 18.0 Å². The first-order valence-corrected chi connectivity index (χ1v) is 9.33. The molecule has 0 unspecified atom stereocenters. The second-order valence-corrected chi connectivity index (χ2v) is 7.42. The highest BCUT2D eigenvalue weighted by molar-refractivity contribution is 6.38. The second-order valence-electron chi connectivity index (χ2n) is 6.58. The van der Waals surface area contributed by atoms with Crippen LogP contribution in [0.2, 0.25) is 10.0 Å². The number of hydrogen-bond donors (Lipinski definition) is 0. The zero-order chi connectivity index (χ0) is 19.0. The molecule has 27 heavy (non-hydrogen) atoms. The van der Waals surface area contributed by atoms with Crippen molar-refractivity contribution in [1.82, 2.24) is 4.90 Å². The molecule has 0 spiro atoms. The summed E-state index contributed by atoms with van der Waals surface area (Å²) in [6.07, 6.45) is 4.43. The topological polar surface area (TPSA) is 33.5 Å². The third kappa shape index (κ3) is 3.79. The van der Waals surface area contributed by atoms with E-state index in [4.69, 9.17) is 27.6 Å². The van der Waals surface area contributed by atoms with E-state index in [1.807, 2.05) is 0 Å². The van der Waals surface area contributed by atoms with Gasteiger partial charge in [-0.15, -0.1) is 0 Å². The maximum Gasteiger partial charge on any atom is 0.197 e. The summed E-state index contributed by atoms with van der Waals surface area (Å²) in [6, 6.07) is 9.67. The molecule has 0 fully saturated rings. The van der Waals surface area contributed by atoms with E-state index in [-0.39, 0.29) is 11.2 Å². The van der Waals surface area contributed by atoms with E-state index in [1.165, 1.54) is 24.0 Å². The van der Waals surface area contributed by atoms with Crippen molar-refractivity contribution in [3.63, 3.8) is 0 Å². The lowest BCUT2D eigenvalue weighted by molar-refractivity contribution is 0.291. The number of halogens is 3. The van der Waals surface area contributed by atoms with Gasteiger partial charge >= 0.3 is 0 Å². The van der Waals surface area contributed by atoms with Crippen LogP contribution in [0.25, 0.3) is 16.5 Å². The van der Waals surface area contributed by atoms with Gasteiger partial charge in [-0.1, -0.05) is 41.4 Å². The molecule has 138 valence electrons. The maximum atomic E-state index is 13.1. The van der Waals surface area contributed by atoms with E-state index < -0.39 is 0 Å². The molecule has 4 rings (SSSR count). The quantitative estimate of drug-likeness (QED) is 0.576. The molecule has 1 aromatic heterocycles. The Morgan fingerprint density at radius 3 is 2.63 bits per heavy atom. The van der Waals surface area contributed by atoms with Gasteiger partial charge in [0.2, 0.25) is 0 Å². The first-order chi connectivity index (χ1) is 13.0. The minimum absolute atomic E-state index is 0.117. The molecule has 0 bridgehead atoms. The van der Waals surface area contributed by atoms with Gasteiger partial charge in [-0.3, -0.25) is 9.69 Å². The molecule has 0 saturated carbocycles. The number of rotatable bonds is 3. The standard InChI is InChI=1S/C21H16Cl2FNO2/c22-16-9-18-20(26)15(12-27-21(18)19(23)10-16)11-25-7-5-14(6-8-25)13-1-3-17(24)4-2-13/h1-5,9-10,12H,6-8,11H2. The fourth-order valence-electron chi connectivity index (χ4n) is 3.34. The summed E-state index contributed by atoms with van der Waals surface area (Å²) in [5.41, 5.74) is 3.03. The minimum Gasteiger partial charge on any atom is -0.462 e. The van der Waals surface area contributed by atoms with E-state index in [9.17, 15) is 9.18 Å². The van der Waals surface area contributed by atoms with Gasteiger partial charge in [-0.2, -0.15) is 0 Å². The fourth-order valence-corrected chi connectivity index (χ4v) is 3.87. The third-order valence-electron chi connectivity index (χ3n) is 4.77. The second kappa shape index (κ2) is 7.47. The predicted molar refractivity (Wildman–Crippen MR) is 107 cm³/mol. The summed E-state index contributed by atoms with van der Waals surface area (Å²) < 4.78 is 18.7. The molecule has 0 atom stereocenters. The van der Waals surface area contributed by atoms with Crippen LogP contribution in [-0.2, 0) is 6.54 Å². The Bertz CT molecular complexity index is 1090. The zero-order valence-electron chi connectivity index (χ0n) is 14.3. The summed E-state index contributed by atoms with van der Waals surface area (Å²) in [5.74, 6) is -0.236. The minimum atomic E-state index is -0.236. The summed E-state index contributed by atoms with van der Waals surface area (Å²) in [6.45, 7) is 1.99. The van der Waals surface area contributed by atoms with Crippen molar-refractivity contribution in [2.24, 2.45) is 0 Å². The molecule has 6 heteroatoms. The molecule has 0 saturated heterocycles. The molecule has 3 aromatic rings. The number of hydrogen-bond acceptors (Lipinski definition) is 3. The average molecular weight is 404 g/mol. The molecule has 1 aliphatic heterocycles. The zero-order valence-corrected chi connectivity index (χ0v) is 15.9. The molecule has 1 aliphatic rings. The van der Waals surface area contributed by atoms with Crippen LogP contribution >= 0.6 is 23.2 Å². The van der Waals surface area contributed by atoms with Crippen molar-refractivity contribution in [2.45, 2.75) is 13.0 Å². The Morgan fingerprint density at radius 1 is 1.15 bits per heavy atom. The van der Waals surface area contributed by atoms with Crippen LogP contribution in [0.5, 0.6) is 0 Å². The lowest BCUT2D eigenvalue weighted by Crippen LogP contribution is -2.30. The van der Waals surface area contributed by atoms with Gasteiger partial charge in [0.05, 0.1) is 16.7 Å². The van der Waals surface area contributed by atoms with Gasteiger partial charge in [0.15, 0.2) is 11.0 Å². The molecule has 0 aliphatic carbocycles. The number of benzene rings is 2. The van der Waals surface area contributed by atoms with Gasteiger partial charge in [-0.05, 0) is 41.8 Å². The van der Waals surface area contributed by atoms with E-state index in [1.54, 1.807) is 24.3 Å². The van der Waals surface area contributed by atoms with Crippen molar-refractivity contribution >= 4 is 39.7 Å². The largest absolute Gasteiger partial charge is 0.462 e. The van der Waals surface area contributed by atoms with Crippen molar-refractivity contribution in [1.29, 1.82) is 0 Å². The molecule has 0 radical (unpaired) electrons. The molecule has 2 heterocycles. The van der Waals surface area contributed by atoms with E-state index in [0.29, 0.717) is 39.7 Å². The normalized spacial score (nSPS) is 15.1. The van der Waals surface area contributed by atoms with Crippen molar-refractivity contribution < 1.29 is 8.81 Å². The van der Waals surface area contributed by atoms with Crippen molar-refractivity contribution in [3.8, 4) is 0 Å². The molecular formula is C21H16Cl2FNO2. The predicted octanol–water partition coefficient (Wildman–Crippen LogP) is 5.53. The van der Waals surface area contributed by atoms with Crippen molar-refractivity contribution in [2.75, 3.05) is 13.1 Å². The third-order valence-corrected chi connectivity index (χ3v) is 5.26. The van der Waals surface area contributed by atoms with E-state index in [0.717, 1.165) is 18.5 Å². The Morgan fingerprint density at radius 2 is 1.93 bits per heavy atom. The van der Waals surface area contributed by atoms with Gasteiger partial charge < -0.3 is 4.42 Å². The van der Waals surface area contributed by atoms with Crippen LogP contribution in [0.4, 0.5) is 4.39 Å². The van der Waals surface area contributed by atoms with Crippen LogP contribution in [0.1, 0.15) is 17.5 Å². The Kier molecular flexibility index (Phi) is 5.04. The van der Waals surface area contributed by atoms with E-state index in [2.05, 4.69) is 11.0 Å². The van der Waals surface area contributed by atoms with Gasteiger partial charge in [-0.25, -0.2) is 4.39 Å². The van der Waals surface area contributed by atoms with Crippen LogP contribution in [0.15, 0.2) is 57.9 Å². The molecule has 0 N–H and O–H groups in total. The SMILES string of the molecule is O=c1c(CN2CC=C(c3ccc(F)cc3)CC2)coc2c(Cl)cc(Cl)cc12. The van der Waals surface area contributed by atoms with Crippen LogP contribution in [0.3, 0.4) is 0 Å². The van der Waals surface area contributed by atoms with Crippen molar-refractivity contribution in [3.05, 3.63) is 86.0 Å². The lowest BCUT2D eigenvalue weighted by Gasteiger charge is -2.26. The first-order valence-electron chi connectivity index (χ1n) is 8.58. The summed E-state index contributed by atoms with van der Waals surface area (Å²) in [7, 11) is 0. The fraction of sp³-hybridized carbons (Fsp3) is 0.190. The first kappa shape index (κ1) is 18.2.